The number of nitrogens with zero attached hydrogens (tertiary/aromatic N) is 1. The van der Waals surface area contributed by atoms with E-state index in [1.54, 1.807) is 19.2 Å². The second kappa shape index (κ2) is 9.69. The molecular formula is C25H31FN2O3. The molecule has 2 aromatic rings. The SMILES string of the molecule is CCN(CCCOc1ccc2c(c1)NC(=O)CC2)CC1CC1c1cc(F)ccc1OC. The second-order valence-electron chi connectivity index (χ2n) is 8.45. The van der Waals surface area contributed by atoms with E-state index in [1.165, 1.54) is 6.07 Å². The number of methoxy groups -OCH3 is 1. The molecule has 2 unspecified atom stereocenters. The van der Waals surface area contributed by atoms with Crippen LogP contribution in [0.15, 0.2) is 36.4 Å². The number of ether oxygens (including phenoxy) is 2. The summed E-state index contributed by atoms with van der Waals surface area (Å²) >= 11 is 0. The molecule has 1 fully saturated rings. The number of rotatable bonds is 10. The number of carbonyl (C=O) groups excluding carboxylic acids is 1. The minimum absolute atomic E-state index is 0.0671. The molecule has 0 aromatic heterocycles. The number of hydrogen-bond donors (Lipinski definition) is 1. The fraction of sp³-hybridized carbons (Fsp3) is 0.480. The van der Waals surface area contributed by atoms with Gasteiger partial charge in [-0.05, 0) is 67.5 Å². The minimum Gasteiger partial charge on any atom is -0.496 e. The molecule has 31 heavy (non-hydrogen) atoms. The van der Waals surface area contributed by atoms with Gasteiger partial charge in [-0.1, -0.05) is 13.0 Å². The Morgan fingerprint density at radius 1 is 1.19 bits per heavy atom. The zero-order valence-electron chi connectivity index (χ0n) is 18.3. The molecule has 1 heterocycles. The van der Waals surface area contributed by atoms with Crippen molar-refractivity contribution >= 4 is 11.6 Å². The number of carbonyl (C=O) groups is 1. The van der Waals surface area contributed by atoms with Crippen LogP contribution < -0.4 is 14.8 Å². The molecule has 166 valence electrons. The average Bonchev–Trinajstić information content (AvgIpc) is 3.54. The van der Waals surface area contributed by atoms with E-state index in [0.717, 1.165) is 67.2 Å². The summed E-state index contributed by atoms with van der Waals surface area (Å²) in [6, 6.07) is 10.7. The topological polar surface area (TPSA) is 50.8 Å². The third-order valence-corrected chi connectivity index (χ3v) is 6.32. The zero-order chi connectivity index (χ0) is 21.8. The van der Waals surface area contributed by atoms with E-state index >= 15 is 0 Å². The van der Waals surface area contributed by atoms with Crippen LogP contribution in [0.25, 0.3) is 0 Å². The van der Waals surface area contributed by atoms with Gasteiger partial charge in [-0.15, -0.1) is 0 Å². The molecule has 2 aromatic carbocycles. The smallest absolute Gasteiger partial charge is 0.224 e. The van der Waals surface area contributed by atoms with Gasteiger partial charge in [0.05, 0.1) is 13.7 Å². The Kier molecular flexibility index (Phi) is 6.76. The van der Waals surface area contributed by atoms with Crippen LogP contribution >= 0.6 is 0 Å². The first kappa shape index (κ1) is 21.6. The maximum absolute atomic E-state index is 13.7. The molecule has 2 atom stereocenters. The van der Waals surface area contributed by atoms with E-state index in [4.69, 9.17) is 9.47 Å². The van der Waals surface area contributed by atoms with Crippen LogP contribution in [-0.2, 0) is 11.2 Å². The quantitative estimate of drug-likeness (QED) is 0.564. The van der Waals surface area contributed by atoms with Crippen molar-refractivity contribution in [3.63, 3.8) is 0 Å². The third kappa shape index (κ3) is 5.37. The van der Waals surface area contributed by atoms with E-state index in [9.17, 15) is 9.18 Å². The van der Waals surface area contributed by atoms with Gasteiger partial charge < -0.3 is 19.7 Å². The molecule has 5 nitrogen and oxygen atoms in total. The Morgan fingerprint density at radius 3 is 2.87 bits per heavy atom. The number of aryl methyl sites for hydroxylation is 1. The number of halogens is 1. The van der Waals surface area contributed by atoms with Gasteiger partial charge in [0.25, 0.3) is 0 Å². The standard InChI is InChI=1S/C25H31FN2O3/c1-3-28(16-18-13-21(18)22-14-19(26)7-9-24(22)30-2)11-4-12-31-20-8-5-17-6-10-25(29)27-23(17)15-20/h5,7-9,14-15,18,21H,3-4,6,10-13,16H2,1-2H3,(H,27,29). The fourth-order valence-electron chi connectivity index (χ4n) is 4.45. The summed E-state index contributed by atoms with van der Waals surface area (Å²) in [4.78, 5) is 14.0. The number of benzene rings is 2. The summed E-state index contributed by atoms with van der Waals surface area (Å²) in [6.07, 6.45) is 3.34. The van der Waals surface area contributed by atoms with Crippen molar-refractivity contribution in [2.24, 2.45) is 5.92 Å². The highest BCUT2D eigenvalue weighted by Crippen LogP contribution is 2.50. The van der Waals surface area contributed by atoms with Crippen molar-refractivity contribution in [2.75, 3.05) is 38.7 Å². The first-order valence-electron chi connectivity index (χ1n) is 11.2. The molecule has 1 aliphatic carbocycles. The maximum atomic E-state index is 13.7. The average molecular weight is 427 g/mol. The van der Waals surface area contributed by atoms with Crippen LogP contribution in [0.1, 0.15) is 43.2 Å². The first-order chi connectivity index (χ1) is 15.1. The van der Waals surface area contributed by atoms with Crippen molar-refractivity contribution in [1.82, 2.24) is 4.90 Å². The van der Waals surface area contributed by atoms with Gasteiger partial charge in [0, 0.05) is 36.8 Å². The van der Waals surface area contributed by atoms with Crippen molar-refractivity contribution in [1.29, 1.82) is 0 Å². The lowest BCUT2D eigenvalue weighted by Crippen LogP contribution is -2.28. The molecule has 4 rings (SSSR count). The van der Waals surface area contributed by atoms with E-state index in [1.807, 2.05) is 18.2 Å². The molecule has 0 saturated heterocycles. The summed E-state index contributed by atoms with van der Waals surface area (Å²) in [5.41, 5.74) is 3.03. The molecule has 0 bridgehead atoms. The van der Waals surface area contributed by atoms with Crippen LogP contribution in [-0.4, -0.2) is 44.2 Å². The maximum Gasteiger partial charge on any atom is 0.224 e. The summed E-state index contributed by atoms with van der Waals surface area (Å²) in [5.74, 6) is 2.36. The van der Waals surface area contributed by atoms with Crippen LogP contribution in [0.2, 0.25) is 0 Å². The summed E-state index contributed by atoms with van der Waals surface area (Å²) in [5, 5.41) is 2.92. The molecule has 1 amide bonds. The van der Waals surface area contributed by atoms with E-state index in [-0.39, 0.29) is 11.7 Å². The Bertz CT molecular complexity index is 933. The fourth-order valence-corrected chi connectivity index (χ4v) is 4.45. The summed E-state index contributed by atoms with van der Waals surface area (Å²) in [6.45, 7) is 5.75. The number of amides is 1. The molecule has 1 saturated carbocycles. The van der Waals surface area contributed by atoms with Crippen molar-refractivity contribution < 1.29 is 18.7 Å². The van der Waals surface area contributed by atoms with Crippen molar-refractivity contribution in [3.05, 3.63) is 53.3 Å². The molecule has 0 radical (unpaired) electrons. The predicted molar refractivity (Wildman–Crippen MR) is 119 cm³/mol. The minimum atomic E-state index is -0.201. The summed E-state index contributed by atoms with van der Waals surface area (Å²) in [7, 11) is 1.64. The van der Waals surface area contributed by atoms with Gasteiger partial charge >= 0.3 is 0 Å². The van der Waals surface area contributed by atoms with E-state index < -0.39 is 0 Å². The van der Waals surface area contributed by atoms with Gasteiger partial charge in [0.15, 0.2) is 0 Å². The Morgan fingerprint density at radius 2 is 2.06 bits per heavy atom. The monoisotopic (exact) mass is 426 g/mol. The van der Waals surface area contributed by atoms with Gasteiger partial charge in [0.2, 0.25) is 5.91 Å². The molecule has 2 aliphatic rings. The van der Waals surface area contributed by atoms with E-state index in [2.05, 4.69) is 17.1 Å². The van der Waals surface area contributed by atoms with Crippen LogP contribution in [0.4, 0.5) is 10.1 Å². The predicted octanol–water partition coefficient (Wildman–Crippen LogP) is 4.61. The number of fused-ring (bicyclic) bond motifs is 1. The molecule has 6 heteroatoms. The van der Waals surface area contributed by atoms with Gasteiger partial charge in [-0.3, -0.25) is 4.79 Å². The van der Waals surface area contributed by atoms with Crippen molar-refractivity contribution in [3.8, 4) is 11.5 Å². The van der Waals surface area contributed by atoms with Crippen LogP contribution in [0.3, 0.4) is 0 Å². The Balaban J connectivity index is 1.23. The lowest BCUT2D eigenvalue weighted by Gasteiger charge is -2.21. The molecular weight excluding hydrogens is 395 g/mol. The number of hydrogen-bond acceptors (Lipinski definition) is 4. The highest BCUT2D eigenvalue weighted by molar-refractivity contribution is 5.94. The summed E-state index contributed by atoms with van der Waals surface area (Å²) < 4.78 is 25.0. The lowest BCUT2D eigenvalue weighted by molar-refractivity contribution is -0.116. The molecule has 1 N–H and O–H groups in total. The lowest BCUT2D eigenvalue weighted by atomic mass is 10.0. The highest BCUT2D eigenvalue weighted by Gasteiger charge is 2.40. The largest absolute Gasteiger partial charge is 0.496 e. The van der Waals surface area contributed by atoms with Crippen LogP contribution in [0.5, 0.6) is 11.5 Å². The van der Waals surface area contributed by atoms with E-state index in [0.29, 0.717) is 24.9 Å². The van der Waals surface area contributed by atoms with Gasteiger partial charge in [-0.2, -0.15) is 0 Å². The Hall–Kier alpha value is -2.60. The van der Waals surface area contributed by atoms with Gasteiger partial charge in [0.1, 0.15) is 17.3 Å². The highest BCUT2D eigenvalue weighted by atomic mass is 19.1. The van der Waals surface area contributed by atoms with Gasteiger partial charge in [-0.25, -0.2) is 4.39 Å². The van der Waals surface area contributed by atoms with Crippen LogP contribution in [0, 0.1) is 11.7 Å². The third-order valence-electron chi connectivity index (χ3n) is 6.32. The normalized spacial score (nSPS) is 19.7. The van der Waals surface area contributed by atoms with Crippen molar-refractivity contribution in [2.45, 2.75) is 38.5 Å². The zero-order valence-corrected chi connectivity index (χ0v) is 18.3. The Labute approximate surface area is 183 Å². The number of nitrogens with one attached hydrogen (secondary N) is 1. The second-order valence-corrected chi connectivity index (χ2v) is 8.45. The number of anilines is 1. The molecule has 1 aliphatic heterocycles. The first-order valence-corrected chi connectivity index (χ1v) is 11.2. The molecule has 0 spiro atoms.